The number of ether oxygens (including phenoxy) is 2. The zero-order valence-electron chi connectivity index (χ0n) is 40.0. The van der Waals surface area contributed by atoms with E-state index >= 15 is 0 Å². The Bertz CT molecular complexity index is 2410. The first-order chi connectivity index (χ1) is 32.2. The van der Waals surface area contributed by atoms with Crippen LogP contribution in [0.1, 0.15) is 82.9 Å². The number of nitrogens with zero attached hydrogens (tertiary/aromatic N) is 7. The normalized spacial score (nSPS) is 18.6. The fourth-order valence-corrected chi connectivity index (χ4v) is 11.2. The first-order valence-electron chi connectivity index (χ1n) is 23.8. The third-order valence-corrected chi connectivity index (χ3v) is 14.6. The summed E-state index contributed by atoms with van der Waals surface area (Å²) in [6.45, 7) is 11.8. The molecular formula is C50H67N9O8. The average molecular weight is 922 g/mol. The number of anilines is 1. The number of hydrogen-bond acceptors (Lipinski definition) is 12. The lowest BCUT2D eigenvalue weighted by molar-refractivity contribution is -0.125. The number of unbranched alkanes of at least 4 members (excludes halogenated alkanes) is 1. The van der Waals surface area contributed by atoms with Gasteiger partial charge < -0.3 is 39.0 Å². The van der Waals surface area contributed by atoms with E-state index < -0.39 is 11.9 Å². The number of benzene rings is 2. The van der Waals surface area contributed by atoms with Gasteiger partial charge in [0.15, 0.2) is 0 Å². The van der Waals surface area contributed by atoms with E-state index in [1.165, 1.54) is 4.90 Å². The molecule has 2 aromatic carbocycles. The van der Waals surface area contributed by atoms with Crippen LogP contribution in [0, 0.1) is 11.3 Å². The van der Waals surface area contributed by atoms with Crippen LogP contribution in [0.25, 0.3) is 11.1 Å². The average Bonchev–Trinajstić information content (AvgIpc) is 3.55. The highest BCUT2D eigenvalue weighted by atomic mass is 16.5. The van der Waals surface area contributed by atoms with E-state index in [2.05, 4.69) is 30.2 Å². The number of pyridine rings is 1. The van der Waals surface area contributed by atoms with Gasteiger partial charge in [-0.2, -0.15) is 0 Å². The van der Waals surface area contributed by atoms with E-state index in [-0.39, 0.29) is 42.8 Å². The van der Waals surface area contributed by atoms with E-state index in [0.717, 1.165) is 117 Å². The number of urea groups is 1. The quantitative estimate of drug-likeness (QED) is 0.108. The van der Waals surface area contributed by atoms with Crippen LogP contribution in [0.5, 0.6) is 11.5 Å². The van der Waals surface area contributed by atoms with Crippen LogP contribution in [0.2, 0.25) is 0 Å². The molecule has 17 heteroatoms. The Kier molecular flexibility index (Phi) is 14.4. The standard InChI is InChI=1S/C50H67N9O8/c1-33(9-12-45(61)52-32-60)59-47(63)38-11-10-36(23-39(38)48(59)64)57-19-17-55(18-20-57)14-7-8-15-56-30-50(31-56)24-34(25-50)26-51-49(65)58-16-13-37-40(28-54(4)46(62)41(37)29-58)35-21-43(66-5)42(27-53(2)3)44(22-35)67-6/h10-11,21-23,28,32-34H,7-9,12-20,24-27,29-31H2,1-6H3,(H,51,65)(H,52,60,61). The number of aromatic nitrogens is 1. The minimum Gasteiger partial charge on any atom is -0.496 e. The SMILES string of the molecule is COc1cc(-c2cn(C)c(=O)c3c2CCN(C(=O)NCC2CC4(C2)CN(CCCCN2CCN(c5ccc6c(c5)C(=O)N(C(C)CCC(=O)NC=O)C6=O)CC2)C4)C3)cc(OC)c1CN(C)C. The highest BCUT2D eigenvalue weighted by molar-refractivity contribution is 6.22. The first-order valence-corrected chi connectivity index (χ1v) is 23.8. The van der Waals surface area contributed by atoms with Gasteiger partial charge in [-0.05, 0) is 125 Å². The molecule has 2 N–H and O–H groups in total. The third-order valence-electron chi connectivity index (χ3n) is 14.6. The summed E-state index contributed by atoms with van der Waals surface area (Å²) in [4.78, 5) is 88.1. The van der Waals surface area contributed by atoms with Crippen LogP contribution in [-0.2, 0) is 36.1 Å². The maximum atomic E-state index is 13.5. The topological polar surface area (TPSA) is 169 Å². The summed E-state index contributed by atoms with van der Waals surface area (Å²) in [5.41, 5.74) is 6.48. The highest BCUT2D eigenvalue weighted by Crippen LogP contribution is 2.51. The van der Waals surface area contributed by atoms with E-state index in [1.807, 2.05) is 44.6 Å². The zero-order valence-corrected chi connectivity index (χ0v) is 40.0. The van der Waals surface area contributed by atoms with Crippen molar-refractivity contribution in [1.82, 2.24) is 39.7 Å². The summed E-state index contributed by atoms with van der Waals surface area (Å²) in [5, 5.41) is 5.30. The summed E-state index contributed by atoms with van der Waals surface area (Å²) in [6.07, 6.45) is 7.68. The minimum atomic E-state index is -0.472. The molecule has 3 fully saturated rings. The highest BCUT2D eigenvalue weighted by Gasteiger charge is 2.51. The molecule has 2 saturated heterocycles. The molecule has 1 spiro atoms. The molecule has 8 rings (SSSR count). The van der Waals surface area contributed by atoms with Gasteiger partial charge >= 0.3 is 6.03 Å². The Labute approximate surface area is 393 Å². The van der Waals surface area contributed by atoms with Crippen molar-refractivity contribution in [2.24, 2.45) is 18.4 Å². The van der Waals surface area contributed by atoms with Gasteiger partial charge in [0.05, 0.1) is 37.5 Å². The van der Waals surface area contributed by atoms with Crippen molar-refractivity contribution in [3.63, 3.8) is 0 Å². The Morgan fingerprint density at radius 2 is 1.55 bits per heavy atom. The van der Waals surface area contributed by atoms with E-state index in [0.29, 0.717) is 60.5 Å². The van der Waals surface area contributed by atoms with Gasteiger partial charge in [0, 0.05) is 101 Å². The van der Waals surface area contributed by atoms with Gasteiger partial charge in [0.1, 0.15) is 11.5 Å². The fourth-order valence-electron chi connectivity index (χ4n) is 11.2. The van der Waals surface area contributed by atoms with Gasteiger partial charge in [-0.25, -0.2) is 4.79 Å². The van der Waals surface area contributed by atoms with Gasteiger partial charge in [-0.3, -0.25) is 39.1 Å². The van der Waals surface area contributed by atoms with Crippen molar-refractivity contribution in [3.05, 3.63) is 74.7 Å². The first kappa shape index (κ1) is 47.7. The van der Waals surface area contributed by atoms with Crippen LogP contribution >= 0.6 is 0 Å². The predicted molar refractivity (Wildman–Crippen MR) is 254 cm³/mol. The molecule has 67 heavy (non-hydrogen) atoms. The molecule has 3 aromatic rings. The Hall–Kier alpha value is -5.78. The van der Waals surface area contributed by atoms with Crippen molar-refractivity contribution in [1.29, 1.82) is 0 Å². The Morgan fingerprint density at radius 1 is 0.881 bits per heavy atom. The number of carbonyl (C=O) groups excluding carboxylic acids is 5. The smallest absolute Gasteiger partial charge is 0.317 e. The van der Waals surface area contributed by atoms with Gasteiger partial charge in [-0.1, -0.05) is 0 Å². The lowest BCUT2D eigenvalue weighted by Crippen LogP contribution is -2.63. The van der Waals surface area contributed by atoms with Crippen molar-refractivity contribution < 1.29 is 33.4 Å². The maximum Gasteiger partial charge on any atom is 0.317 e. The van der Waals surface area contributed by atoms with Crippen LogP contribution < -0.4 is 30.6 Å². The number of amides is 6. The van der Waals surface area contributed by atoms with E-state index in [4.69, 9.17) is 9.47 Å². The maximum absolute atomic E-state index is 13.5. The van der Waals surface area contributed by atoms with E-state index in [1.54, 1.807) is 43.7 Å². The Balaban J connectivity index is 0.726. The summed E-state index contributed by atoms with van der Waals surface area (Å²) in [5.74, 6) is 0.804. The molecule has 1 unspecified atom stereocenters. The summed E-state index contributed by atoms with van der Waals surface area (Å²) >= 11 is 0. The summed E-state index contributed by atoms with van der Waals surface area (Å²) in [6, 6.07) is 8.94. The van der Waals surface area contributed by atoms with Crippen molar-refractivity contribution >= 4 is 35.9 Å². The molecule has 6 amide bonds. The minimum absolute atomic E-state index is 0.0433. The second-order valence-electron chi connectivity index (χ2n) is 19.7. The van der Waals surface area contributed by atoms with Gasteiger partial charge in [0.25, 0.3) is 17.4 Å². The second-order valence-corrected chi connectivity index (χ2v) is 19.7. The van der Waals surface area contributed by atoms with Crippen molar-refractivity contribution in [3.8, 4) is 22.6 Å². The molecule has 1 atom stereocenters. The van der Waals surface area contributed by atoms with Crippen LogP contribution in [-0.4, -0.2) is 159 Å². The third kappa shape index (κ3) is 10.1. The lowest BCUT2D eigenvalue weighted by Gasteiger charge is -2.59. The molecule has 5 heterocycles. The van der Waals surface area contributed by atoms with Gasteiger partial charge in [0.2, 0.25) is 12.3 Å². The molecule has 0 radical (unpaired) electrons. The number of nitrogens with one attached hydrogen (secondary N) is 2. The van der Waals surface area contributed by atoms with Crippen LogP contribution in [0.15, 0.2) is 41.3 Å². The number of methoxy groups -OCH3 is 2. The summed E-state index contributed by atoms with van der Waals surface area (Å²) < 4.78 is 13.2. The number of imide groups is 2. The fraction of sp³-hybridized carbons (Fsp3) is 0.560. The number of rotatable bonds is 18. The number of hydrogen-bond donors (Lipinski definition) is 2. The van der Waals surface area contributed by atoms with E-state index in [9.17, 15) is 28.8 Å². The largest absolute Gasteiger partial charge is 0.496 e. The lowest BCUT2D eigenvalue weighted by atomic mass is 9.57. The van der Waals surface area contributed by atoms with Gasteiger partial charge in [-0.15, -0.1) is 0 Å². The molecule has 17 nitrogen and oxygen atoms in total. The number of piperazine rings is 1. The predicted octanol–water partition coefficient (Wildman–Crippen LogP) is 3.55. The number of aryl methyl sites for hydroxylation is 1. The molecule has 360 valence electrons. The molecule has 1 aliphatic carbocycles. The Morgan fingerprint density at radius 3 is 2.21 bits per heavy atom. The second kappa shape index (κ2) is 20.2. The molecule has 1 saturated carbocycles. The van der Waals surface area contributed by atoms with Crippen molar-refractivity contribution in [2.75, 3.05) is 98.7 Å². The number of fused-ring (bicyclic) bond motifs is 2. The van der Waals surface area contributed by atoms with Crippen LogP contribution in [0.3, 0.4) is 0 Å². The number of carbonyl (C=O) groups is 5. The van der Waals surface area contributed by atoms with Crippen molar-refractivity contribution in [2.45, 2.75) is 71.0 Å². The monoisotopic (exact) mass is 922 g/mol. The number of likely N-dealkylation sites (tertiary alicyclic amines) is 1. The molecular weight excluding hydrogens is 855 g/mol. The molecule has 4 aliphatic heterocycles. The molecule has 5 aliphatic rings. The van der Waals surface area contributed by atoms with Crippen LogP contribution in [0.4, 0.5) is 10.5 Å². The molecule has 0 bridgehead atoms. The zero-order chi connectivity index (χ0) is 47.6. The molecule has 1 aromatic heterocycles. The summed E-state index contributed by atoms with van der Waals surface area (Å²) in [7, 11) is 9.09.